The van der Waals surface area contributed by atoms with Crippen LogP contribution in [0.4, 0.5) is 20.2 Å². The first kappa shape index (κ1) is 15.7. The summed E-state index contributed by atoms with van der Waals surface area (Å²) in [6.45, 7) is 0.473. The second-order valence-corrected chi connectivity index (χ2v) is 4.92. The lowest BCUT2D eigenvalue weighted by Crippen LogP contribution is -2.15. The highest BCUT2D eigenvalue weighted by molar-refractivity contribution is 6.03. The van der Waals surface area contributed by atoms with Gasteiger partial charge in [0.15, 0.2) is 0 Å². The van der Waals surface area contributed by atoms with Crippen LogP contribution >= 0.6 is 0 Å². The van der Waals surface area contributed by atoms with Crippen LogP contribution in [-0.4, -0.2) is 10.9 Å². The molecule has 0 saturated heterocycles. The normalized spacial score (nSPS) is 10.4. The highest BCUT2D eigenvalue weighted by Crippen LogP contribution is 2.19. The van der Waals surface area contributed by atoms with Crippen molar-refractivity contribution in [3.8, 4) is 0 Å². The predicted molar refractivity (Wildman–Crippen MR) is 84.6 cm³/mol. The molecule has 0 fully saturated rings. The Kier molecular flexibility index (Phi) is 4.51. The maximum Gasteiger partial charge on any atom is 0.274 e. The number of hydrogen-bond donors (Lipinski definition) is 2. The van der Waals surface area contributed by atoms with Crippen LogP contribution in [0, 0.1) is 11.6 Å². The molecule has 2 heterocycles. The Morgan fingerprint density at radius 3 is 2.50 bits per heavy atom. The summed E-state index contributed by atoms with van der Waals surface area (Å²) in [5.74, 6) is -1.64. The lowest BCUT2D eigenvalue weighted by Gasteiger charge is -2.08. The van der Waals surface area contributed by atoms with Crippen molar-refractivity contribution in [3.63, 3.8) is 0 Å². The van der Waals surface area contributed by atoms with Gasteiger partial charge in [-0.3, -0.25) is 4.79 Å². The number of pyridine rings is 1. The largest absolute Gasteiger partial charge is 0.467 e. The van der Waals surface area contributed by atoms with Crippen molar-refractivity contribution < 1.29 is 18.0 Å². The zero-order valence-corrected chi connectivity index (χ0v) is 12.4. The molecule has 0 aliphatic carbocycles. The smallest absolute Gasteiger partial charge is 0.274 e. The lowest BCUT2D eigenvalue weighted by atomic mass is 10.2. The van der Waals surface area contributed by atoms with Crippen LogP contribution in [0.2, 0.25) is 0 Å². The van der Waals surface area contributed by atoms with Gasteiger partial charge in [-0.1, -0.05) is 6.07 Å². The van der Waals surface area contributed by atoms with Gasteiger partial charge in [-0.05, 0) is 36.4 Å². The van der Waals surface area contributed by atoms with E-state index in [1.165, 1.54) is 18.3 Å². The van der Waals surface area contributed by atoms with E-state index in [2.05, 4.69) is 15.6 Å². The van der Waals surface area contributed by atoms with Crippen molar-refractivity contribution in [1.29, 1.82) is 0 Å². The van der Waals surface area contributed by atoms with Crippen molar-refractivity contribution in [2.75, 3.05) is 10.6 Å². The maximum absolute atomic E-state index is 13.5. The standard InChI is InChI=1S/C17H13F2N3O2/c18-13-4-1-5-14(19)16(13)22-17(23)15-7-6-11(9-21-15)20-10-12-3-2-8-24-12/h1-9,20H,10H2,(H,22,23). The fraction of sp³-hybridized carbons (Fsp3) is 0.0588. The van der Waals surface area contributed by atoms with Gasteiger partial charge in [-0.2, -0.15) is 0 Å². The summed E-state index contributed by atoms with van der Waals surface area (Å²) in [4.78, 5) is 16.0. The molecule has 0 aliphatic heterocycles. The number of carbonyl (C=O) groups is 1. The molecular weight excluding hydrogens is 316 g/mol. The monoisotopic (exact) mass is 329 g/mol. The third kappa shape index (κ3) is 3.57. The van der Waals surface area contributed by atoms with Crippen molar-refractivity contribution >= 4 is 17.3 Å². The summed E-state index contributed by atoms with van der Waals surface area (Å²) >= 11 is 0. The number of nitrogens with zero attached hydrogens (tertiary/aromatic N) is 1. The Bertz CT molecular complexity index is 813. The van der Waals surface area contributed by atoms with E-state index in [-0.39, 0.29) is 5.69 Å². The number of para-hydroxylation sites is 1. The van der Waals surface area contributed by atoms with E-state index in [1.807, 2.05) is 6.07 Å². The van der Waals surface area contributed by atoms with Gasteiger partial charge in [-0.15, -0.1) is 0 Å². The highest BCUT2D eigenvalue weighted by Gasteiger charge is 2.14. The van der Waals surface area contributed by atoms with Gasteiger partial charge in [0, 0.05) is 0 Å². The number of nitrogens with one attached hydrogen (secondary N) is 2. The summed E-state index contributed by atoms with van der Waals surface area (Å²) in [7, 11) is 0. The van der Waals surface area contributed by atoms with Crippen LogP contribution in [0.3, 0.4) is 0 Å². The van der Waals surface area contributed by atoms with Gasteiger partial charge in [-0.25, -0.2) is 13.8 Å². The van der Waals surface area contributed by atoms with Gasteiger partial charge < -0.3 is 15.1 Å². The molecule has 2 aromatic heterocycles. The molecule has 0 radical (unpaired) electrons. The Balaban J connectivity index is 1.65. The first-order valence-electron chi connectivity index (χ1n) is 7.11. The van der Waals surface area contributed by atoms with Crippen LogP contribution in [0.1, 0.15) is 16.2 Å². The number of amides is 1. The molecule has 7 heteroatoms. The maximum atomic E-state index is 13.5. The molecule has 0 spiro atoms. The van der Waals surface area contributed by atoms with E-state index >= 15 is 0 Å². The molecule has 122 valence electrons. The number of benzene rings is 1. The van der Waals surface area contributed by atoms with Crippen molar-refractivity contribution in [1.82, 2.24) is 4.98 Å². The fourth-order valence-corrected chi connectivity index (χ4v) is 2.03. The van der Waals surface area contributed by atoms with Gasteiger partial charge in [0.25, 0.3) is 5.91 Å². The van der Waals surface area contributed by atoms with Gasteiger partial charge >= 0.3 is 0 Å². The number of furan rings is 1. The Morgan fingerprint density at radius 1 is 1.08 bits per heavy atom. The molecule has 1 amide bonds. The molecule has 0 aliphatic rings. The van der Waals surface area contributed by atoms with Crippen molar-refractivity contribution in [2.24, 2.45) is 0 Å². The summed E-state index contributed by atoms with van der Waals surface area (Å²) in [5, 5.41) is 5.25. The van der Waals surface area contributed by atoms with Gasteiger partial charge in [0.1, 0.15) is 28.8 Å². The van der Waals surface area contributed by atoms with E-state index in [9.17, 15) is 13.6 Å². The number of aromatic nitrogens is 1. The van der Waals surface area contributed by atoms with Crippen LogP contribution in [0.5, 0.6) is 0 Å². The third-order valence-corrected chi connectivity index (χ3v) is 3.24. The van der Waals surface area contributed by atoms with Gasteiger partial charge in [0.05, 0.1) is 24.7 Å². The molecule has 3 aromatic rings. The number of halogens is 2. The second kappa shape index (κ2) is 6.91. The molecule has 5 nitrogen and oxygen atoms in total. The minimum Gasteiger partial charge on any atom is -0.467 e. The summed E-state index contributed by atoms with van der Waals surface area (Å²) in [6.07, 6.45) is 3.03. The van der Waals surface area contributed by atoms with Crippen LogP contribution in [0.15, 0.2) is 59.3 Å². The molecule has 24 heavy (non-hydrogen) atoms. The molecular formula is C17H13F2N3O2. The zero-order valence-electron chi connectivity index (χ0n) is 12.4. The van der Waals surface area contributed by atoms with Crippen LogP contribution in [0.25, 0.3) is 0 Å². The van der Waals surface area contributed by atoms with Crippen molar-refractivity contribution in [2.45, 2.75) is 6.54 Å². The van der Waals surface area contributed by atoms with E-state index in [1.54, 1.807) is 18.4 Å². The molecule has 1 aromatic carbocycles. The first-order chi connectivity index (χ1) is 11.6. The lowest BCUT2D eigenvalue weighted by molar-refractivity contribution is 0.102. The van der Waals surface area contributed by atoms with Crippen LogP contribution in [-0.2, 0) is 6.54 Å². The summed E-state index contributed by atoms with van der Waals surface area (Å²) in [6, 6.07) is 10.1. The Labute approximate surface area is 136 Å². The summed E-state index contributed by atoms with van der Waals surface area (Å²) in [5.41, 5.74) is 0.227. The second-order valence-electron chi connectivity index (χ2n) is 4.92. The average Bonchev–Trinajstić information content (AvgIpc) is 3.10. The van der Waals surface area contributed by atoms with Gasteiger partial charge in [0.2, 0.25) is 0 Å². The zero-order chi connectivity index (χ0) is 16.9. The first-order valence-corrected chi connectivity index (χ1v) is 7.11. The number of hydrogen-bond acceptors (Lipinski definition) is 4. The predicted octanol–water partition coefficient (Wildman–Crippen LogP) is 3.82. The van der Waals surface area contributed by atoms with E-state index < -0.39 is 23.2 Å². The average molecular weight is 329 g/mol. The molecule has 0 bridgehead atoms. The van der Waals surface area contributed by atoms with E-state index in [4.69, 9.17) is 4.42 Å². The number of anilines is 2. The third-order valence-electron chi connectivity index (χ3n) is 3.24. The quantitative estimate of drug-likeness (QED) is 0.747. The molecule has 0 unspecified atom stereocenters. The number of rotatable bonds is 5. The molecule has 0 saturated carbocycles. The van der Waals surface area contributed by atoms with Crippen molar-refractivity contribution in [3.05, 3.63) is 78.0 Å². The number of carbonyl (C=O) groups excluding carboxylic acids is 1. The Hall–Kier alpha value is -3.22. The minimum absolute atomic E-state index is 0.0428. The topological polar surface area (TPSA) is 67.2 Å². The van der Waals surface area contributed by atoms with E-state index in [0.717, 1.165) is 17.9 Å². The molecule has 2 N–H and O–H groups in total. The Morgan fingerprint density at radius 2 is 1.88 bits per heavy atom. The van der Waals surface area contributed by atoms with E-state index in [0.29, 0.717) is 12.2 Å². The van der Waals surface area contributed by atoms with Crippen LogP contribution < -0.4 is 10.6 Å². The minimum atomic E-state index is -0.847. The SMILES string of the molecule is O=C(Nc1c(F)cccc1F)c1ccc(NCc2ccco2)cn1. The summed E-state index contributed by atoms with van der Waals surface area (Å²) < 4.78 is 32.3. The molecule has 0 atom stereocenters. The fourth-order valence-electron chi connectivity index (χ4n) is 2.03. The highest BCUT2D eigenvalue weighted by atomic mass is 19.1. The molecule has 3 rings (SSSR count).